The average molecular weight is 364 g/mol. The van der Waals surface area contributed by atoms with Crippen LogP contribution in [0.15, 0.2) is 48.5 Å². The van der Waals surface area contributed by atoms with Crippen LogP contribution < -0.4 is 5.32 Å². The molecule has 0 bridgehead atoms. The van der Waals surface area contributed by atoms with Crippen molar-refractivity contribution in [2.75, 3.05) is 5.32 Å². The lowest BCUT2D eigenvalue weighted by Crippen LogP contribution is -2.44. The van der Waals surface area contributed by atoms with Crippen molar-refractivity contribution in [2.24, 2.45) is 0 Å². The molecule has 134 valence electrons. The van der Waals surface area contributed by atoms with Crippen molar-refractivity contribution in [3.8, 4) is 0 Å². The Bertz CT molecular complexity index is 768. The number of rotatable bonds is 6. The number of nitro benzene ring substituents is 1. The fourth-order valence-electron chi connectivity index (χ4n) is 1.99. The number of anilines is 2. The van der Waals surface area contributed by atoms with Crippen LogP contribution in [0.2, 0.25) is 0 Å². The molecule has 2 aromatic carbocycles. The first-order chi connectivity index (χ1) is 11.6. The molecule has 0 aromatic heterocycles. The molecule has 10 heteroatoms. The Morgan fingerprint density at radius 1 is 1.00 bits per heavy atom. The molecule has 0 unspecified atom stereocenters. The van der Waals surface area contributed by atoms with Gasteiger partial charge in [-0.25, -0.2) is 8.78 Å². The monoisotopic (exact) mass is 364 g/mol. The molecule has 0 saturated heterocycles. The minimum absolute atomic E-state index is 0.154. The van der Waals surface area contributed by atoms with E-state index in [9.17, 15) is 36.5 Å². The minimum Gasteiger partial charge on any atom is -0.350 e. The largest absolute Gasteiger partial charge is 0.373 e. The second kappa shape index (κ2) is 6.61. The highest BCUT2D eigenvalue weighted by molar-refractivity contribution is 5.70. The smallest absolute Gasteiger partial charge is 0.350 e. The molecule has 0 aliphatic rings. The fraction of sp³-hybridized carbons (Fsp3) is 0.200. The van der Waals surface area contributed by atoms with Gasteiger partial charge in [0, 0.05) is 17.3 Å². The summed E-state index contributed by atoms with van der Waals surface area (Å²) >= 11 is 0. The Labute approximate surface area is 137 Å². The quantitative estimate of drug-likeness (QED) is 0.428. The number of halogens is 6. The van der Waals surface area contributed by atoms with Crippen LogP contribution in [0.1, 0.15) is 5.56 Å². The van der Waals surface area contributed by atoms with E-state index in [1.54, 1.807) is 18.2 Å². The zero-order valence-corrected chi connectivity index (χ0v) is 12.2. The van der Waals surface area contributed by atoms with Crippen LogP contribution >= 0.6 is 0 Å². The minimum atomic E-state index is -5.67. The maximum absolute atomic E-state index is 13.7. The molecular formula is C15H10F6N2O2. The van der Waals surface area contributed by atoms with Gasteiger partial charge in [-0.15, -0.1) is 0 Å². The van der Waals surface area contributed by atoms with Crippen molar-refractivity contribution < 1.29 is 31.3 Å². The van der Waals surface area contributed by atoms with Crippen molar-refractivity contribution in [1.82, 2.24) is 0 Å². The Balaban J connectivity index is 2.47. The van der Waals surface area contributed by atoms with Gasteiger partial charge < -0.3 is 5.32 Å². The molecule has 0 spiro atoms. The fourth-order valence-corrected chi connectivity index (χ4v) is 1.99. The van der Waals surface area contributed by atoms with Gasteiger partial charge in [-0.05, 0) is 18.2 Å². The highest BCUT2D eigenvalue weighted by atomic mass is 19.3. The first-order valence-electron chi connectivity index (χ1n) is 6.72. The maximum Gasteiger partial charge on any atom is 0.373 e. The first kappa shape index (κ1) is 18.6. The molecule has 1 N–H and O–H groups in total. The standard InChI is InChI=1S/C15H10F6N2O2/c16-13(17)15(20,21)14(18,19)9-6-7-11(12(8-9)23(24)25)22-10-4-2-1-3-5-10/h1-8,13,22H. The molecule has 0 aliphatic heterocycles. The van der Waals surface area contributed by atoms with Crippen LogP contribution in [0.5, 0.6) is 0 Å². The molecule has 0 heterocycles. The normalized spacial score (nSPS) is 12.3. The maximum atomic E-state index is 13.7. The highest BCUT2D eigenvalue weighted by Gasteiger charge is 2.64. The molecule has 0 aliphatic carbocycles. The van der Waals surface area contributed by atoms with Crippen LogP contribution in [0.25, 0.3) is 0 Å². The lowest BCUT2D eigenvalue weighted by molar-refractivity contribution is -0.384. The van der Waals surface area contributed by atoms with Crippen LogP contribution in [-0.4, -0.2) is 17.3 Å². The number of alkyl halides is 6. The van der Waals surface area contributed by atoms with Gasteiger partial charge in [0.25, 0.3) is 5.69 Å². The summed E-state index contributed by atoms with van der Waals surface area (Å²) in [5, 5.41) is 13.6. The van der Waals surface area contributed by atoms with Gasteiger partial charge in [-0.1, -0.05) is 24.3 Å². The van der Waals surface area contributed by atoms with Crippen LogP contribution in [-0.2, 0) is 5.92 Å². The average Bonchev–Trinajstić information content (AvgIpc) is 2.55. The van der Waals surface area contributed by atoms with Gasteiger partial charge in [0.1, 0.15) is 5.69 Å². The van der Waals surface area contributed by atoms with E-state index in [2.05, 4.69) is 5.32 Å². The van der Waals surface area contributed by atoms with Gasteiger partial charge in [0.05, 0.1) is 4.92 Å². The second-order valence-electron chi connectivity index (χ2n) is 4.98. The van der Waals surface area contributed by atoms with E-state index in [0.29, 0.717) is 11.8 Å². The van der Waals surface area contributed by atoms with Crippen molar-refractivity contribution in [3.63, 3.8) is 0 Å². The summed E-state index contributed by atoms with van der Waals surface area (Å²) < 4.78 is 78.1. The van der Waals surface area contributed by atoms with E-state index >= 15 is 0 Å². The summed E-state index contributed by atoms with van der Waals surface area (Å²) in [5.74, 6) is -11.0. The number of nitrogens with zero attached hydrogens (tertiary/aromatic N) is 1. The third-order valence-corrected chi connectivity index (χ3v) is 3.30. The molecule has 4 nitrogen and oxygen atoms in total. The predicted octanol–water partition coefficient (Wildman–Crippen LogP) is 5.33. The molecule has 25 heavy (non-hydrogen) atoms. The summed E-state index contributed by atoms with van der Waals surface area (Å²) in [6.07, 6.45) is -4.64. The molecule has 0 amide bonds. The van der Waals surface area contributed by atoms with Crippen molar-refractivity contribution in [1.29, 1.82) is 0 Å². The van der Waals surface area contributed by atoms with Crippen molar-refractivity contribution in [2.45, 2.75) is 18.3 Å². The zero-order valence-electron chi connectivity index (χ0n) is 12.2. The van der Waals surface area contributed by atoms with Crippen molar-refractivity contribution >= 4 is 17.1 Å². The molecule has 0 saturated carbocycles. The van der Waals surface area contributed by atoms with E-state index in [-0.39, 0.29) is 11.8 Å². The number of para-hydroxylation sites is 1. The molecule has 0 radical (unpaired) electrons. The third-order valence-electron chi connectivity index (χ3n) is 3.30. The van der Waals surface area contributed by atoms with E-state index in [0.717, 1.165) is 6.07 Å². The van der Waals surface area contributed by atoms with E-state index in [1.807, 2.05) is 0 Å². The summed E-state index contributed by atoms with van der Waals surface area (Å²) in [5.41, 5.74) is -2.41. The first-order valence-corrected chi connectivity index (χ1v) is 6.72. The van der Waals surface area contributed by atoms with Crippen molar-refractivity contribution in [3.05, 3.63) is 64.2 Å². The van der Waals surface area contributed by atoms with E-state index < -0.39 is 34.4 Å². The summed E-state index contributed by atoms with van der Waals surface area (Å²) in [4.78, 5) is 9.98. The summed E-state index contributed by atoms with van der Waals surface area (Å²) in [7, 11) is 0. The van der Waals surface area contributed by atoms with Crippen LogP contribution in [0.4, 0.5) is 43.4 Å². The Kier molecular flexibility index (Phi) is 4.91. The molecule has 0 atom stereocenters. The highest BCUT2D eigenvalue weighted by Crippen LogP contribution is 2.47. The van der Waals surface area contributed by atoms with Gasteiger partial charge in [0.15, 0.2) is 0 Å². The number of nitrogens with one attached hydrogen (secondary N) is 1. The summed E-state index contributed by atoms with van der Waals surface area (Å²) in [6, 6.07) is 9.26. The van der Waals surface area contributed by atoms with E-state index in [1.165, 1.54) is 12.1 Å². The summed E-state index contributed by atoms with van der Waals surface area (Å²) in [6.45, 7) is 0. The Morgan fingerprint density at radius 3 is 2.12 bits per heavy atom. The third kappa shape index (κ3) is 3.52. The lowest BCUT2D eigenvalue weighted by atomic mass is 10.0. The SMILES string of the molecule is O=[N+]([O-])c1cc(C(F)(F)C(F)(F)C(F)F)ccc1Nc1ccccc1. The Morgan fingerprint density at radius 2 is 1.60 bits per heavy atom. The zero-order chi connectivity index (χ0) is 18.8. The topological polar surface area (TPSA) is 55.2 Å². The van der Waals surface area contributed by atoms with Crippen LogP contribution in [0, 0.1) is 10.1 Å². The Hall–Kier alpha value is -2.78. The lowest BCUT2D eigenvalue weighted by Gasteiger charge is -2.26. The van der Waals surface area contributed by atoms with Gasteiger partial charge >= 0.3 is 18.3 Å². The number of hydrogen-bond acceptors (Lipinski definition) is 3. The number of hydrogen-bond donors (Lipinski definition) is 1. The number of benzene rings is 2. The van der Waals surface area contributed by atoms with Gasteiger partial charge in [0.2, 0.25) is 0 Å². The number of nitro groups is 1. The van der Waals surface area contributed by atoms with Gasteiger partial charge in [-0.3, -0.25) is 10.1 Å². The second-order valence-corrected chi connectivity index (χ2v) is 4.98. The molecular weight excluding hydrogens is 354 g/mol. The molecule has 0 fully saturated rings. The van der Waals surface area contributed by atoms with Gasteiger partial charge in [-0.2, -0.15) is 17.6 Å². The predicted molar refractivity (Wildman–Crippen MR) is 77.7 cm³/mol. The van der Waals surface area contributed by atoms with Crippen LogP contribution in [0.3, 0.4) is 0 Å². The van der Waals surface area contributed by atoms with E-state index in [4.69, 9.17) is 0 Å². The molecule has 2 aromatic rings. The molecule has 2 rings (SSSR count).